The highest BCUT2D eigenvalue weighted by Crippen LogP contribution is 2.43. The minimum absolute atomic E-state index is 0.236. The van der Waals surface area contributed by atoms with Crippen LogP contribution < -0.4 is 25.0 Å². The molecule has 0 saturated heterocycles. The maximum atomic E-state index is 13.6. The quantitative estimate of drug-likeness (QED) is 0.458. The van der Waals surface area contributed by atoms with Crippen molar-refractivity contribution in [1.82, 2.24) is 10.2 Å². The fourth-order valence-corrected chi connectivity index (χ4v) is 5.17. The van der Waals surface area contributed by atoms with Gasteiger partial charge in [0.05, 0.1) is 25.6 Å². The number of rotatable bonds is 9. The van der Waals surface area contributed by atoms with Crippen LogP contribution in [-0.4, -0.2) is 62.3 Å². The highest BCUT2D eigenvalue weighted by molar-refractivity contribution is 6.12. The summed E-state index contributed by atoms with van der Waals surface area (Å²) >= 11 is 0. The van der Waals surface area contributed by atoms with Gasteiger partial charge in [0.25, 0.3) is 11.6 Å². The Bertz CT molecular complexity index is 1090. The van der Waals surface area contributed by atoms with E-state index >= 15 is 0 Å². The van der Waals surface area contributed by atoms with E-state index in [2.05, 4.69) is 22.6 Å². The number of carbonyl (C=O) groups excluding carboxylic acids is 2. The molecule has 1 saturated carbocycles. The van der Waals surface area contributed by atoms with E-state index in [1.807, 2.05) is 0 Å². The van der Waals surface area contributed by atoms with Crippen molar-refractivity contribution >= 4 is 23.3 Å². The first kappa shape index (κ1) is 25.8. The van der Waals surface area contributed by atoms with Crippen molar-refractivity contribution in [1.29, 1.82) is 0 Å². The second kappa shape index (κ2) is 11.2. The van der Waals surface area contributed by atoms with E-state index in [4.69, 9.17) is 9.47 Å². The van der Waals surface area contributed by atoms with E-state index in [-0.39, 0.29) is 17.0 Å². The van der Waals surface area contributed by atoms with Gasteiger partial charge in [0.1, 0.15) is 11.5 Å². The third-order valence-electron chi connectivity index (χ3n) is 7.19. The molecule has 0 spiro atoms. The number of ether oxygens (including phenoxy) is 2. The van der Waals surface area contributed by atoms with E-state index < -0.39 is 17.7 Å². The van der Waals surface area contributed by atoms with Gasteiger partial charge in [-0.05, 0) is 51.1 Å². The van der Waals surface area contributed by atoms with E-state index in [0.29, 0.717) is 24.0 Å². The summed E-state index contributed by atoms with van der Waals surface area (Å²) in [6, 6.07) is 11.5. The number of nitrogens with one attached hydrogen (secondary N) is 2. The van der Waals surface area contributed by atoms with Crippen LogP contribution in [0.25, 0.3) is 0 Å². The molecule has 0 bridgehead atoms. The molecule has 0 unspecified atom stereocenters. The summed E-state index contributed by atoms with van der Waals surface area (Å²) in [4.78, 5) is 30.3. The number of methoxy groups -OCH3 is 2. The number of aliphatic hydroxyl groups is 1. The van der Waals surface area contributed by atoms with Crippen molar-refractivity contribution in [3.05, 3.63) is 48.0 Å². The number of anilines is 2. The van der Waals surface area contributed by atoms with Gasteiger partial charge in [-0.15, -0.1) is 0 Å². The molecule has 36 heavy (non-hydrogen) atoms. The van der Waals surface area contributed by atoms with Crippen LogP contribution in [0.15, 0.2) is 42.5 Å². The van der Waals surface area contributed by atoms with Crippen molar-refractivity contribution in [3.8, 4) is 11.5 Å². The number of hydrogen-bond acceptors (Lipinski definition) is 6. The summed E-state index contributed by atoms with van der Waals surface area (Å²) in [6.07, 6.45) is 7.01. The maximum absolute atomic E-state index is 13.6. The van der Waals surface area contributed by atoms with Crippen LogP contribution in [0, 0.1) is 0 Å². The third kappa shape index (κ3) is 4.99. The molecule has 0 radical (unpaired) electrons. The Morgan fingerprint density at radius 2 is 1.92 bits per heavy atom. The van der Waals surface area contributed by atoms with Crippen molar-refractivity contribution in [2.24, 2.45) is 0 Å². The molecule has 1 aliphatic heterocycles. The molecular formula is C27H36N4O5. The fourth-order valence-electron chi connectivity index (χ4n) is 5.17. The number of hydrogen-bond donors (Lipinski definition) is 3. The van der Waals surface area contributed by atoms with Gasteiger partial charge >= 0.3 is 6.03 Å². The summed E-state index contributed by atoms with van der Waals surface area (Å²) in [5.41, 5.74) is -1.39. The fraction of sp³-hybridized carbons (Fsp3) is 0.481. The molecular weight excluding hydrogens is 460 g/mol. The van der Waals surface area contributed by atoms with E-state index in [1.165, 1.54) is 46.3 Å². The number of para-hydroxylation sites is 1. The molecule has 1 aliphatic carbocycles. The van der Waals surface area contributed by atoms with Crippen molar-refractivity contribution < 1.29 is 24.2 Å². The SMILES string of the molecule is COc1ccc(N2C(=O)Nc3ccccc3[C@]2(O)C(=O)NCCCN(C)C2CCCCC2)c(OC)c1. The zero-order valence-corrected chi connectivity index (χ0v) is 21.3. The average Bonchev–Trinajstić information content (AvgIpc) is 2.91. The summed E-state index contributed by atoms with van der Waals surface area (Å²) < 4.78 is 10.7. The molecule has 4 rings (SSSR count). The van der Waals surface area contributed by atoms with Crippen LogP contribution in [0.1, 0.15) is 44.1 Å². The molecule has 3 N–H and O–H groups in total. The van der Waals surface area contributed by atoms with E-state index in [1.54, 1.807) is 42.5 Å². The molecule has 1 atom stereocenters. The van der Waals surface area contributed by atoms with Gasteiger partial charge in [-0.3, -0.25) is 4.79 Å². The molecule has 2 aromatic rings. The van der Waals surface area contributed by atoms with Gasteiger partial charge < -0.3 is 30.1 Å². The van der Waals surface area contributed by atoms with Gasteiger partial charge in [-0.1, -0.05) is 37.5 Å². The number of nitrogens with zero attached hydrogens (tertiary/aromatic N) is 2. The van der Waals surface area contributed by atoms with Crippen LogP contribution in [0.3, 0.4) is 0 Å². The Hall–Kier alpha value is -3.30. The number of amides is 3. The van der Waals surface area contributed by atoms with Crippen LogP contribution in [0.4, 0.5) is 16.2 Å². The van der Waals surface area contributed by atoms with Crippen LogP contribution in [0.2, 0.25) is 0 Å². The first-order valence-corrected chi connectivity index (χ1v) is 12.5. The van der Waals surface area contributed by atoms with Gasteiger partial charge in [0, 0.05) is 24.2 Å². The summed E-state index contributed by atoms with van der Waals surface area (Å²) in [6.45, 7) is 1.21. The van der Waals surface area contributed by atoms with E-state index in [9.17, 15) is 14.7 Å². The molecule has 9 heteroatoms. The van der Waals surface area contributed by atoms with Gasteiger partial charge in [-0.25, -0.2) is 9.69 Å². The highest BCUT2D eigenvalue weighted by atomic mass is 16.5. The molecule has 1 fully saturated rings. The lowest BCUT2D eigenvalue weighted by molar-refractivity contribution is -0.140. The van der Waals surface area contributed by atoms with E-state index in [0.717, 1.165) is 17.9 Å². The monoisotopic (exact) mass is 496 g/mol. The van der Waals surface area contributed by atoms with Crippen LogP contribution in [0.5, 0.6) is 11.5 Å². The molecule has 2 aliphatic rings. The van der Waals surface area contributed by atoms with Crippen molar-refractivity contribution in [2.45, 2.75) is 50.3 Å². The van der Waals surface area contributed by atoms with Crippen LogP contribution >= 0.6 is 0 Å². The Morgan fingerprint density at radius 3 is 2.64 bits per heavy atom. The highest BCUT2D eigenvalue weighted by Gasteiger charge is 2.52. The molecule has 3 amide bonds. The smallest absolute Gasteiger partial charge is 0.329 e. The number of carbonyl (C=O) groups is 2. The minimum atomic E-state index is -2.28. The molecule has 2 aromatic carbocycles. The lowest BCUT2D eigenvalue weighted by atomic mass is 9.94. The zero-order chi connectivity index (χ0) is 25.7. The lowest BCUT2D eigenvalue weighted by Crippen LogP contribution is -2.62. The Balaban J connectivity index is 1.57. The normalized spacial score (nSPS) is 20.0. The van der Waals surface area contributed by atoms with Crippen molar-refractivity contribution in [3.63, 3.8) is 0 Å². The van der Waals surface area contributed by atoms with Gasteiger partial charge in [0.2, 0.25) is 0 Å². The maximum Gasteiger partial charge on any atom is 0.329 e. The first-order valence-electron chi connectivity index (χ1n) is 12.5. The summed E-state index contributed by atoms with van der Waals surface area (Å²) in [5.74, 6) is 0.121. The molecule has 1 heterocycles. The van der Waals surface area contributed by atoms with Gasteiger partial charge in [0.15, 0.2) is 0 Å². The largest absolute Gasteiger partial charge is 0.497 e. The topological polar surface area (TPSA) is 103 Å². The van der Waals surface area contributed by atoms with Crippen molar-refractivity contribution in [2.75, 3.05) is 44.6 Å². The zero-order valence-electron chi connectivity index (χ0n) is 21.3. The molecule has 9 nitrogen and oxygen atoms in total. The predicted octanol–water partition coefficient (Wildman–Crippen LogP) is 3.67. The minimum Gasteiger partial charge on any atom is -0.497 e. The number of fused-ring (bicyclic) bond motifs is 1. The second-order valence-electron chi connectivity index (χ2n) is 9.40. The summed E-state index contributed by atoms with van der Waals surface area (Å²) in [5, 5.41) is 17.6. The summed E-state index contributed by atoms with van der Waals surface area (Å²) in [7, 11) is 5.11. The first-order chi connectivity index (χ1) is 17.4. The van der Waals surface area contributed by atoms with Gasteiger partial charge in [-0.2, -0.15) is 0 Å². The predicted molar refractivity (Wildman–Crippen MR) is 139 cm³/mol. The Kier molecular flexibility index (Phi) is 8.01. The Labute approximate surface area is 212 Å². The number of urea groups is 1. The lowest BCUT2D eigenvalue weighted by Gasteiger charge is -2.43. The number of benzene rings is 2. The molecule has 194 valence electrons. The Morgan fingerprint density at radius 1 is 1.17 bits per heavy atom. The van der Waals surface area contributed by atoms with Crippen LogP contribution in [-0.2, 0) is 10.5 Å². The molecule has 0 aromatic heterocycles. The standard InChI is InChI=1S/C27H36N4O5/c1-30(19-10-5-4-6-11-19)17-9-16-28-25(32)27(34)21-12-7-8-13-22(21)29-26(33)31(27)23-15-14-20(35-2)18-24(23)36-3/h7-8,12-15,18-19,34H,4-6,9-11,16-17H2,1-3H3,(H,28,32)(H,29,33)/t27-/m0/s1. The average molecular weight is 497 g/mol. The third-order valence-corrected chi connectivity index (χ3v) is 7.19. The second-order valence-corrected chi connectivity index (χ2v) is 9.40.